The van der Waals surface area contributed by atoms with Crippen LogP contribution in [0.5, 0.6) is 0 Å². The molecule has 0 spiro atoms. The molecule has 1 heterocycles. The average molecular weight is 472 g/mol. The molecule has 0 aromatic heterocycles. The lowest BCUT2D eigenvalue weighted by atomic mass is 9.84. The van der Waals surface area contributed by atoms with Crippen molar-refractivity contribution in [2.75, 3.05) is 30.4 Å². The number of anilines is 3. The van der Waals surface area contributed by atoms with Gasteiger partial charge >= 0.3 is 0 Å². The van der Waals surface area contributed by atoms with Crippen molar-refractivity contribution in [2.45, 2.75) is 39.3 Å². The van der Waals surface area contributed by atoms with Crippen LogP contribution in [-0.4, -0.2) is 31.1 Å². The van der Waals surface area contributed by atoms with Gasteiger partial charge in [0.25, 0.3) is 10.9 Å². The van der Waals surface area contributed by atoms with E-state index in [0.29, 0.717) is 28.0 Å². The molecule has 168 valence electrons. The molecule has 7 heteroatoms. The molecule has 4 rings (SSSR count). The van der Waals surface area contributed by atoms with Crippen LogP contribution in [0.2, 0.25) is 10.0 Å². The third kappa shape index (κ3) is 4.05. The van der Waals surface area contributed by atoms with E-state index in [0.717, 1.165) is 35.5 Å². The summed E-state index contributed by atoms with van der Waals surface area (Å²) in [5.41, 5.74) is 4.15. The third-order valence-corrected chi connectivity index (χ3v) is 6.77. The zero-order chi connectivity index (χ0) is 23.2. The molecule has 3 aromatic rings. The van der Waals surface area contributed by atoms with Gasteiger partial charge in [-0.05, 0) is 68.8 Å². The molecule has 0 bridgehead atoms. The number of benzene rings is 2. The molecule has 0 radical (unpaired) electrons. The van der Waals surface area contributed by atoms with Crippen molar-refractivity contribution in [3.63, 3.8) is 0 Å². The number of nitrogens with zero attached hydrogens (tertiary/aromatic N) is 2. The molecule has 0 unspecified atom stereocenters. The summed E-state index contributed by atoms with van der Waals surface area (Å²) in [4.78, 5) is 28.7. The molecule has 1 atom stereocenters. The van der Waals surface area contributed by atoms with E-state index in [2.05, 4.69) is 29.4 Å². The molecule has 32 heavy (non-hydrogen) atoms. The lowest BCUT2D eigenvalue weighted by Crippen LogP contribution is -2.44. The first-order valence-corrected chi connectivity index (χ1v) is 11.6. The zero-order valence-corrected chi connectivity index (χ0v) is 20.2. The van der Waals surface area contributed by atoms with Gasteiger partial charge in [0.15, 0.2) is 0 Å². The Morgan fingerprint density at radius 3 is 2.44 bits per heavy atom. The summed E-state index contributed by atoms with van der Waals surface area (Å²) in [5.74, 6) is 0.146. The molecule has 3 aromatic carbocycles. The fourth-order valence-corrected chi connectivity index (χ4v) is 5.19. The minimum absolute atomic E-state index is 0.133. The fourth-order valence-electron chi connectivity index (χ4n) is 4.62. The van der Waals surface area contributed by atoms with E-state index in [1.54, 1.807) is 6.07 Å². The second-order valence-corrected chi connectivity index (χ2v) is 9.56. The number of nitrogens with one attached hydrogen (secondary N) is 1. The van der Waals surface area contributed by atoms with Crippen molar-refractivity contribution in [3.05, 3.63) is 83.6 Å². The van der Waals surface area contributed by atoms with Crippen molar-refractivity contribution >= 4 is 40.3 Å². The van der Waals surface area contributed by atoms with Crippen LogP contribution in [0.3, 0.4) is 0 Å². The van der Waals surface area contributed by atoms with E-state index in [4.69, 9.17) is 23.2 Å². The summed E-state index contributed by atoms with van der Waals surface area (Å²) < 4.78 is 0. The standard InChI is InChI=1S/C25H27Cl2N3O2/c1-5-30(14(2)3)23-22(24(31)25(23)32)28-17-8-6-15(7-9-17)19-12-29(4)13-20-18(19)10-16(26)11-21(20)27/h6-11,14,19,28H,5,12-13H2,1-4H3/t19-/m0/s1. The Hall–Kier alpha value is -2.34. The number of rotatable bonds is 6. The summed E-state index contributed by atoms with van der Waals surface area (Å²) in [6.45, 7) is 8.31. The number of likely N-dealkylation sites (N-methyl/N-ethyl adjacent to an activating group) is 1. The Balaban J connectivity index is 1.62. The van der Waals surface area contributed by atoms with Crippen LogP contribution in [0.15, 0.2) is 46.0 Å². The van der Waals surface area contributed by atoms with E-state index in [1.165, 1.54) is 0 Å². The van der Waals surface area contributed by atoms with Crippen molar-refractivity contribution in [3.8, 4) is 0 Å². The number of hydrogen-bond acceptors (Lipinski definition) is 5. The van der Waals surface area contributed by atoms with E-state index < -0.39 is 10.9 Å². The van der Waals surface area contributed by atoms with Gasteiger partial charge in [-0.1, -0.05) is 35.3 Å². The van der Waals surface area contributed by atoms with Gasteiger partial charge in [-0.3, -0.25) is 9.59 Å². The topological polar surface area (TPSA) is 52.6 Å². The van der Waals surface area contributed by atoms with Gasteiger partial charge in [-0.15, -0.1) is 0 Å². The first-order chi connectivity index (χ1) is 15.2. The van der Waals surface area contributed by atoms with Crippen LogP contribution in [0.1, 0.15) is 43.4 Å². The second-order valence-electron chi connectivity index (χ2n) is 8.71. The van der Waals surface area contributed by atoms with Crippen LogP contribution >= 0.6 is 23.2 Å². The normalized spacial score (nSPS) is 16.4. The van der Waals surface area contributed by atoms with Crippen LogP contribution in [0, 0.1) is 0 Å². The highest BCUT2D eigenvalue weighted by Gasteiger charge is 2.28. The van der Waals surface area contributed by atoms with Gasteiger partial charge in [-0.2, -0.15) is 0 Å². The maximum atomic E-state index is 12.2. The minimum atomic E-state index is -0.463. The van der Waals surface area contributed by atoms with E-state index in [1.807, 2.05) is 43.9 Å². The second kappa shape index (κ2) is 8.89. The van der Waals surface area contributed by atoms with Crippen LogP contribution < -0.4 is 21.1 Å². The summed E-state index contributed by atoms with van der Waals surface area (Å²) in [6.07, 6.45) is 0. The molecule has 0 aliphatic carbocycles. The Bertz CT molecular complexity index is 1210. The molecule has 1 N–H and O–H groups in total. The summed E-state index contributed by atoms with van der Waals surface area (Å²) in [6, 6.07) is 11.9. The Kier molecular flexibility index (Phi) is 6.35. The Morgan fingerprint density at radius 2 is 1.81 bits per heavy atom. The predicted molar refractivity (Wildman–Crippen MR) is 134 cm³/mol. The summed E-state index contributed by atoms with van der Waals surface area (Å²) >= 11 is 12.8. The Labute approximate surface area is 198 Å². The zero-order valence-electron chi connectivity index (χ0n) is 18.7. The van der Waals surface area contributed by atoms with E-state index >= 15 is 0 Å². The summed E-state index contributed by atoms with van der Waals surface area (Å²) in [7, 11) is 2.08. The largest absolute Gasteiger partial charge is 0.364 e. The maximum Gasteiger partial charge on any atom is 0.253 e. The van der Waals surface area contributed by atoms with Crippen molar-refractivity contribution in [2.24, 2.45) is 0 Å². The van der Waals surface area contributed by atoms with E-state index in [9.17, 15) is 9.59 Å². The van der Waals surface area contributed by atoms with Gasteiger partial charge in [0.1, 0.15) is 11.4 Å². The Morgan fingerprint density at radius 1 is 1.12 bits per heavy atom. The summed E-state index contributed by atoms with van der Waals surface area (Å²) in [5, 5.41) is 4.50. The monoisotopic (exact) mass is 471 g/mol. The lowest BCUT2D eigenvalue weighted by molar-refractivity contribution is 0.295. The van der Waals surface area contributed by atoms with Gasteiger partial charge in [0.05, 0.1) is 0 Å². The fraction of sp³-hybridized carbons (Fsp3) is 0.360. The average Bonchev–Trinajstić information content (AvgIpc) is 2.76. The molecule has 0 amide bonds. The smallest absolute Gasteiger partial charge is 0.253 e. The number of fused-ring (bicyclic) bond motifs is 1. The predicted octanol–water partition coefficient (Wildman–Crippen LogP) is 5.15. The third-order valence-electron chi connectivity index (χ3n) is 6.21. The molecule has 0 saturated carbocycles. The van der Waals surface area contributed by atoms with Gasteiger partial charge < -0.3 is 15.1 Å². The SMILES string of the molecule is CCN(c1c(Nc2ccc([C@@H]3CN(C)Cc4c(Cl)cc(Cl)cc43)cc2)c(=O)c1=O)C(C)C. The highest BCUT2D eigenvalue weighted by Crippen LogP contribution is 2.38. The first-order valence-electron chi connectivity index (χ1n) is 10.8. The molecule has 1 aliphatic heterocycles. The molecular formula is C25H27Cl2N3O2. The molecular weight excluding hydrogens is 445 g/mol. The van der Waals surface area contributed by atoms with Crippen molar-refractivity contribution < 1.29 is 0 Å². The lowest BCUT2D eigenvalue weighted by Gasteiger charge is -2.33. The minimum Gasteiger partial charge on any atom is -0.364 e. The highest BCUT2D eigenvalue weighted by molar-refractivity contribution is 6.35. The molecule has 0 saturated heterocycles. The van der Waals surface area contributed by atoms with Crippen molar-refractivity contribution in [1.82, 2.24) is 4.90 Å². The van der Waals surface area contributed by atoms with Crippen LogP contribution in [-0.2, 0) is 6.54 Å². The maximum absolute atomic E-state index is 12.2. The highest BCUT2D eigenvalue weighted by atomic mass is 35.5. The van der Waals surface area contributed by atoms with Gasteiger partial charge in [0, 0.05) is 47.3 Å². The van der Waals surface area contributed by atoms with E-state index in [-0.39, 0.29) is 12.0 Å². The van der Waals surface area contributed by atoms with Gasteiger partial charge in [-0.25, -0.2) is 0 Å². The molecule has 5 nitrogen and oxygen atoms in total. The molecule has 0 fully saturated rings. The molecule has 1 aliphatic rings. The number of hydrogen-bond donors (Lipinski definition) is 1. The van der Waals surface area contributed by atoms with Crippen LogP contribution in [0.4, 0.5) is 17.1 Å². The first kappa shape index (κ1) is 22.8. The van der Waals surface area contributed by atoms with Crippen molar-refractivity contribution in [1.29, 1.82) is 0 Å². The quantitative estimate of drug-likeness (QED) is 0.504. The van der Waals surface area contributed by atoms with Gasteiger partial charge in [0.2, 0.25) is 0 Å². The number of halogens is 2. The van der Waals surface area contributed by atoms with Crippen LogP contribution in [0.25, 0.3) is 0 Å².